The van der Waals surface area contributed by atoms with E-state index in [1.54, 1.807) is 24.3 Å². The number of anilines is 1. The molecule has 9 heteroatoms. The van der Waals surface area contributed by atoms with Gasteiger partial charge in [-0.05, 0) is 52.9 Å². The zero-order valence-corrected chi connectivity index (χ0v) is 23.9. The molecule has 0 unspecified atom stereocenters. The molecule has 3 aromatic rings. The first-order valence-corrected chi connectivity index (χ1v) is 14.5. The van der Waals surface area contributed by atoms with Gasteiger partial charge in [0, 0.05) is 5.69 Å². The monoisotopic (exact) mass is 590 g/mol. The second-order valence-corrected chi connectivity index (χ2v) is 11.9. The summed E-state index contributed by atoms with van der Waals surface area (Å²) in [5, 5.41) is 2.71. The van der Waals surface area contributed by atoms with Crippen molar-refractivity contribution in [3.05, 3.63) is 101 Å². The van der Waals surface area contributed by atoms with Crippen molar-refractivity contribution in [1.82, 2.24) is 4.90 Å². The van der Waals surface area contributed by atoms with E-state index in [0.717, 1.165) is 24.2 Å². The summed E-state index contributed by atoms with van der Waals surface area (Å²) in [6, 6.07) is 21.0. The first-order chi connectivity index (χ1) is 19.7. The maximum absolute atomic E-state index is 13.9. The molecule has 1 fully saturated rings. The Balaban J connectivity index is 1.22. The van der Waals surface area contributed by atoms with Gasteiger partial charge >= 0.3 is 5.97 Å². The number of ether oxygens (including phenoxy) is 1. The Morgan fingerprint density at radius 2 is 1.29 bits per heavy atom. The highest BCUT2D eigenvalue weighted by Crippen LogP contribution is 2.69. The number of carbonyl (C=O) groups excluding carboxylic acids is 4. The third-order valence-electron chi connectivity index (χ3n) is 8.36. The van der Waals surface area contributed by atoms with Crippen LogP contribution in [0.4, 0.5) is 5.69 Å². The number of halogens is 2. The van der Waals surface area contributed by atoms with Crippen LogP contribution in [-0.4, -0.2) is 41.7 Å². The Morgan fingerprint density at radius 1 is 0.805 bits per heavy atom. The highest BCUT2D eigenvalue weighted by Gasteiger charge is 2.73. The Morgan fingerprint density at radius 3 is 1.76 bits per heavy atom. The lowest BCUT2D eigenvalue weighted by atomic mass is 9.54. The molecule has 2 bridgehead atoms. The normalized spacial score (nSPS) is 25.4. The Hall–Kier alpha value is -3.68. The fourth-order valence-electron chi connectivity index (χ4n) is 6.51. The molecule has 2 atom stereocenters. The van der Waals surface area contributed by atoms with Crippen LogP contribution >= 0.6 is 23.2 Å². The molecule has 41 heavy (non-hydrogen) atoms. The van der Waals surface area contributed by atoms with Gasteiger partial charge in [-0.1, -0.05) is 68.3 Å². The molecule has 3 amide bonds. The smallest absolute Gasteiger partial charge is 0.338 e. The molecule has 7 nitrogen and oxygen atoms in total. The Kier molecular flexibility index (Phi) is 6.91. The van der Waals surface area contributed by atoms with Crippen LogP contribution in [0, 0.1) is 11.8 Å². The van der Waals surface area contributed by atoms with Crippen LogP contribution in [0.15, 0.2) is 72.8 Å². The first-order valence-electron chi connectivity index (χ1n) is 13.7. The number of esters is 1. The summed E-state index contributed by atoms with van der Waals surface area (Å²) in [5.74, 6) is -3.98. The molecule has 0 spiro atoms. The molecule has 1 saturated heterocycles. The minimum atomic E-state index is -1.30. The van der Waals surface area contributed by atoms with E-state index >= 15 is 0 Å². The van der Waals surface area contributed by atoms with Crippen LogP contribution in [0.5, 0.6) is 0 Å². The second-order valence-electron chi connectivity index (χ2n) is 10.7. The van der Waals surface area contributed by atoms with E-state index in [1.165, 1.54) is 0 Å². The predicted molar refractivity (Wildman–Crippen MR) is 155 cm³/mol. The van der Waals surface area contributed by atoms with Gasteiger partial charge in [-0.2, -0.15) is 0 Å². The van der Waals surface area contributed by atoms with E-state index in [0.29, 0.717) is 40.1 Å². The number of nitrogens with one attached hydrogen (secondary N) is 1. The topological polar surface area (TPSA) is 92.8 Å². The van der Waals surface area contributed by atoms with Crippen LogP contribution < -0.4 is 5.32 Å². The predicted octanol–water partition coefficient (Wildman–Crippen LogP) is 5.57. The van der Waals surface area contributed by atoms with E-state index < -0.39 is 51.8 Å². The summed E-state index contributed by atoms with van der Waals surface area (Å²) in [7, 11) is 0. The summed E-state index contributed by atoms with van der Waals surface area (Å²) in [5.41, 5.74) is 3.58. The van der Waals surface area contributed by atoms with E-state index in [2.05, 4.69) is 12.2 Å². The number of amides is 3. The number of carbonyl (C=O) groups is 4. The molecule has 1 heterocycles. The SMILES string of the molecule is CCCCCOC(=O)c1ccc(NC(=O)CN2C(=O)[C@H]3[C@H](C2=O)C2(Cl)c4ccccc4C3(Cl)c3ccccc32)cc1. The molecule has 0 aromatic heterocycles. The van der Waals surface area contributed by atoms with E-state index in [9.17, 15) is 19.2 Å². The van der Waals surface area contributed by atoms with Crippen LogP contribution in [0.2, 0.25) is 0 Å². The van der Waals surface area contributed by atoms with Crippen LogP contribution in [0.25, 0.3) is 0 Å². The maximum Gasteiger partial charge on any atom is 0.338 e. The van der Waals surface area contributed by atoms with Gasteiger partial charge in [-0.15, -0.1) is 23.2 Å². The fourth-order valence-corrected chi connectivity index (χ4v) is 7.61. The lowest BCUT2D eigenvalue weighted by molar-refractivity contribution is -0.142. The van der Waals surface area contributed by atoms with E-state index in [4.69, 9.17) is 27.9 Å². The molecule has 7 rings (SSSR count). The van der Waals surface area contributed by atoms with Crippen molar-refractivity contribution in [3.63, 3.8) is 0 Å². The van der Waals surface area contributed by atoms with Crippen molar-refractivity contribution in [1.29, 1.82) is 0 Å². The number of imide groups is 1. The van der Waals surface area contributed by atoms with Crippen LogP contribution in [-0.2, 0) is 28.9 Å². The zero-order valence-electron chi connectivity index (χ0n) is 22.4. The summed E-state index contributed by atoms with van der Waals surface area (Å²) < 4.78 is 5.27. The maximum atomic E-state index is 13.9. The number of unbranched alkanes of at least 4 members (excludes halogenated alkanes) is 2. The van der Waals surface area contributed by atoms with Crippen molar-refractivity contribution in [2.45, 2.75) is 35.9 Å². The fraction of sp³-hybridized carbons (Fsp3) is 0.312. The Labute approximate surface area is 247 Å². The van der Waals surface area contributed by atoms with E-state index in [1.807, 2.05) is 48.5 Å². The van der Waals surface area contributed by atoms with Gasteiger partial charge in [-0.3, -0.25) is 19.3 Å². The number of nitrogens with zero attached hydrogens (tertiary/aromatic N) is 1. The number of hydrogen-bond donors (Lipinski definition) is 1. The number of alkyl halides is 2. The molecule has 3 aliphatic carbocycles. The number of hydrogen-bond acceptors (Lipinski definition) is 5. The van der Waals surface area contributed by atoms with Gasteiger partial charge in [0.15, 0.2) is 0 Å². The van der Waals surface area contributed by atoms with Gasteiger partial charge < -0.3 is 10.1 Å². The van der Waals surface area contributed by atoms with Gasteiger partial charge in [0.05, 0.1) is 24.0 Å². The standard InChI is InChI=1S/C32H28Cl2N2O5/c1-2-3-8-17-41-30(40)19-13-15-20(16-14-19)35-25(37)18-36-28(38)26-27(29(36)39)32(34)22-10-5-4-9-21(22)31(26,33)23-11-6-7-12-24(23)32/h4-7,9-16,26-27H,2-3,8,17-18H2,1H3,(H,35,37)/t26-,27-,31?,32?/m1/s1. The molecular formula is C32H28Cl2N2O5. The molecule has 3 aromatic carbocycles. The molecule has 0 radical (unpaired) electrons. The lowest BCUT2D eigenvalue weighted by Gasteiger charge is -2.54. The average molecular weight is 591 g/mol. The average Bonchev–Trinajstić information content (AvgIpc) is 3.24. The van der Waals surface area contributed by atoms with Crippen LogP contribution in [0.3, 0.4) is 0 Å². The first kappa shape index (κ1) is 27.5. The molecule has 1 aliphatic heterocycles. The van der Waals surface area contributed by atoms with E-state index in [-0.39, 0.29) is 0 Å². The van der Waals surface area contributed by atoms with Gasteiger partial charge in [0.2, 0.25) is 17.7 Å². The number of benzene rings is 3. The van der Waals surface area contributed by atoms with Crippen molar-refractivity contribution >= 4 is 52.6 Å². The zero-order chi connectivity index (χ0) is 28.9. The molecular weight excluding hydrogens is 563 g/mol. The second kappa shape index (κ2) is 10.3. The minimum absolute atomic E-state index is 0.356. The van der Waals surface area contributed by atoms with Gasteiger partial charge in [0.1, 0.15) is 16.3 Å². The molecule has 0 saturated carbocycles. The number of likely N-dealkylation sites (tertiary alicyclic amines) is 1. The van der Waals surface area contributed by atoms with Gasteiger partial charge in [0.25, 0.3) is 0 Å². The quantitative estimate of drug-likeness (QED) is 0.160. The highest BCUT2D eigenvalue weighted by atomic mass is 35.5. The molecule has 4 aliphatic rings. The van der Waals surface area contributed by atoms with Crippen molar-refractivity contribution in [2.75, 3.05) is 18.5 Å². The Bertz CT molecular complexity index is 1450. The summed E-state index contributed by atoms with van der Waals surface area (Å²) in [6.45, 7) is 1.94. The summed E-state index contributed by atoms with van der Waals surface area (Å²) in [4.78, 5) is 51.4. The lowest BCUT2D eigenvalue weighted by Crippen LogP contribution is -2.57. The minimum Gasteiger partial charge on any atom is -0.462 e. The molecule has 210 valence electrons. The largest absolute Gasteiger partial charge is 0.462 e. The van der Waals surface area contributed by atoms with Crippen molar-refractivity contribution < 1.29 is 23.9 Å². The summed E-state index contributed by atoms with van der Waals surface area (Å²) >= 11 is 14.8. The van der Waals surface area contributed by atoms with Gasteiger partial charge in [-0.25, -0.2) is 4.79 Å². The molecule has 1 N–H and O–H groups in total. The summed E-state index contributed by atoms with van der Waals surface area (Å²) in [6.07, 6.45) is 2.82. The number of rotatable bonds is 8. The van der Waals surface area contributed by atoms with Crippen molar-refractivity contribution in [3.8, 4) is 0 Å². The van der Waals surface area contributed by atoms with Crippen molar-refractivity contribution in [2.24, 2.45) is 11.8 Å². The highest BCUT2D eigenvalue weighted by molar-refractivity contribution is 6.36. The van der Waals surface area contributed by atoms with Crippen LogP contribution in [0.1, 0.15) is 58.8 Å². The third kappa shape index (κ3) is 4.09. The third-order valence-corrected chi connectivity index (χ3v) is 9.65.